The third-order valence-electron chi connectivity index (χ3n) is 8.08. The van der Waals surface area contributed by atoms with Crippen LogP contribution in [0.2, 0.25) is 0 Å². The summed E-state index contributed by atoms with van der Waals surface area (Å²) in [6, 6.07) is 8.89. The average Bonchev–Trinajstić information content (AvgIpc) is 3.08. The van der Waals surface area contributed by atoms with Crippen LogP contribution in [0.1, 0.15) is 55.2 Å². The quantitative estimate of drug-likeness (QED) is 0.0929. The molecular formula is C34H43F7N4O8. The minimum absolute atomic E-state index is 0.00330. The molecule has 296 valence electrons. The zero-order valence-corrected chi connectivity index (χ0v) is 28.8. The van der Waals surface area contributed by atoms with Crippen LogP contribution < -0.4 is 20.7 Å². The Morgan fingerprint density at radius 1 is 0.887 bits per heavy atom. The van der Waals surface area contributed by atoms with Crippen LogP contribution in [-0.4, -0.2) is 102 Å². The molecule has 0 saturated heterocycles. The lowest BCUT2D eigenvalue weighted by atomic mass is 9.94. The molecule has 1 saturated carbocycles. The van der Waals surface area contributed by atoms with E-state index in [1.165, 1.54) is 25.3 Å². The number of halogens is 7. The van der Waals surface area contributed by atoms with Crippen molar-refractivity contribution in [2.24, 2.45) is 0 Å². The zero-order valence-electron chi connectivity index (χ0n) is 28.8. The van der Waals surface area contributed by atoms with E-state index in [2.05, 4.69) is 20.9 Å². The molecule has 0 spiro atoms. The zero-order chi connectivity index (χ0) is 39.8. The second kappa shape index (κ2) is 21.2. The number of anilines is 1. The van der Waals surface area contributed by atoms with E-state index < -0.39 is 24.3 Å². The van der Waals surface area contributed by atoms with Crippen molar-refractivity contribution < 1.29 is 70.0 Å². The minimum Gasteiger partial charge on any atom is -0.506 e. The summed E-state index contributed by atoms with van der Waals surface area (Å²) in [4.78, 5) is 44.7. The number of aliphatic carboxylic acids is 2. The number of carboxylic acid groups (broad SMARTS) is 2. The fraction of sp³-hybridized carbons (Fsp3) is 0.529. The van der Waals surface area contributed by atoms with E-state index in [1.54, 1.807) is 13.0 Å². The molecule has 6 N–H and O–H groups in total. The van der Waals surface area contributed by atoms with Crippen molar-refractivity contribution in [2.75, 3.05) is 44.6 Å². The van der Waals surface area contributed by atoms with Gasteiger partial charge < -0.3 is 40.9 Å². The third-order valence-corrected chi connectivity index (χ3v) is 8.08. The summed E-state index contributed by atoms with van der Waals surface area (Å²) in [5.41, 5.74) is 2.99. The van der Waals surface area contributed by atoms with Gasteiger partial charge >= 0.3 is 24.3 Å². The van der Waals surface area contributed by atoms with E-state index in [4.69, 9.17) is 24.5 Å². The van der Waals surface area contributed by atoms with E-state index in [-0.39, 0.29) is 30.0 Å². The first-order valence-corrected chi connectivity index (χ1v) is 16.6. The smallest absolute Gasteiger partial charge is 0.490 e. The maximum atomic E-state index is 13.5. The van der Waals surface area contributed by atoms with Gasteiger partial charge in [-0.3, -0.25) is 9.59 Å². The Labute approximate surface area is 300 Å². The summed E-state index contributed by atoms with van der Waals surface area (Å²) < 4.78 is 82.5. The summed E-state index contributed by atoms with van der Waals surface area (Å²) in [5.74, 6) is -5.27. The third kappa shape index (κ3) is 15.9. The minimum atomic E-state index is -5.08. The number of nitrogens with one attached hydrogen (secondary N) is 3. The molecule has 0 atom stereocenters. The van der Waals surface area contributed by atoms with Gasteiger partial charge in [-0.1, -0.05) is 37.5 Å². The molecule has 1 aliphatic heterocycles. The highest BCUT2D eigenvalue weighted by atomic mass is 19.4. The van der Waals surface area contributed by atoms with Crippen molar-refractivity contribution in [1.82, 2.24) is 15.5 Å². The van der Waals surface area contributed by atoms with Crippen LogP contribution in [0.25, 0.3) is 0 Å². The van der Waals surface area contributed by atoms with Gasteiger partial charge in [-0.2, -0.15) is 26.3 Å². The Morgan fingerprint density at radius 3 is 2.06 bits per heavy atom. The number of amides is 2. The fourth-order valence-corrected chi connectivity index (χ4v) is 5.42. The lowest BCUT2D eigenvalue weighted by molar-refractivity contribution is -0.193. The van der Waals surface area contributed by atoms with E-state index >= 15 is 0 Å². The van der Waals surface area contributed by atoms with E-state index in [0.29, 0.717) is 62.1 Å². The molecule has 1 heterocycles. The molecule has 2 aromatic rings. The number of nitrogens with zero attached hydrogens (tertiary/aromatic N) is 1. The summed E-state index contributed by atoms with van der Waals surface area (Å²) in [7, 11) is 0. The van der Waals surface area contributed by atoms with Gasteiger partial charge in [0.25, 0.3) is 5.91 Å². The number of ether oxygens (including phenoxy) is 1. The molecule has 0 unspecified atom stereocenters. The van der Waals surface area contributed by atoms with Gasteiger partial charge in [0, 0.05) is 32.1 Å². The number of aryl methyl sites for hydroxylation is 1. The number of fused-ring (bicyclic) bond motifs is 1. The largest absolute Gasteiger partial charge is 0.506 e. The predicted octanol–water partition coefficient (Wildman–Crippen LogP) is 4.95. The highest BCUT2D eigenvalue weighted by Crippen LogP contribution is 2.39. The van der Waals surface area contributed by atoms with Crippen LogP contribution in [0, 0.1) is 12.7 Å². The molecule has 19 heteroatoms. The van der Waals surface area contributed by atoms with Crippen molar-refractivity contribution >= 4 is 29.4 Å². The first-order valence-electron chi connectivity index (χ1n) is 16.6. The Hall–Kier alpha value is -4.65. The number of benzene rings is 2. The molecule has 0 bridgehead atoms. The molecule has 4 rings (SSSR count). The number of phenolic OH excluding ortho intramolecular Hbond substituents is 1. The summed E-state index contributed by atoms with van der Waals surface area (Å²) >= 11 is 0. The lowest BCUT2D eigenvalue weighted by Gasteiger charge is -2.34. The molecule has 2 amide bonds. The number of alkyl halides is 6. The first kappa shape index (κ1) is 44.5. The molecule has 1 fully saturated rings. The van der Waals surface area contributed by atoms with Crippen molar-refractivity contribution in [2.45, 2.75) is 76.7 Å². The first-order chi connectivity index (χ1) is 24.8. The number of hydrogen-bond donors (Lipinski definition) is 6. The van der Waals surface area contributed by atoms with Crippen molar-refractivity contribution in [1.29, 1.82) is 0 Å². The number of carboxylic acids is 2. The second-order valence-electron chi connectivity index (χ2n) is 12.1. The van der Waals surface area contributed by atoms with Crippen LogP contribution in [0.15, 0.2) is 30.3 Å². The van der Waals surface area contributed by atoms with Gasteiger partial charge in [0.15, 0.2) is 12.4 Å². The van der Waals surface area contributed by atoms with Crippen molar-refractivity contribution in [3.05, 3.63) is 52.8 Å². The van der Waals surface area contributed by atoms with Crippen LogP contribution in [0.4, 0.5) is 36.4 Å². The number of hydrogen-bond acceptors (Lipinski definition) is 8. The molecule has 53 heavy (non-hydrogen) atoms. The van der Waals surface area contributed by atoms with Gasteiger partial charge in [-0.15, -0.1) is 0 Å². The predicted molar refractivity (Wildman–Crippen MR) is 177 cm³/mol. The maximum absolute atomic E-state index is 13.5. The van der Waals surface area contributed by atoms with Crippen molar-refractivity contribution in [3.63, 3.8) is 0 Å². The SMILES string of the molecule is Cc1cc(CCNCCC(=O)N(CCNCCc2ccc(O)c3c2OCC(=O)N3)C2CCCCC2)ccc1F.O=C(O)C(F)(F)F.O=C(O)C(F)(F)F. The van der Waals surface area contributed by atoms with Gasteiger partial charge in [-0.25, -0.2) is 14.0 Å². The van der Waals surface area contributed by atoms with Crippen LogP contribution in [0.3, 0.4) is 0 Å². The topological polar surface area (TPSA) is 178 Å². The number of carbonyl (C=O) groups is 4. The highest BCUT2D eigenvalue weighted by Gasteiger charge is 2.39. The Morgan fingerprint density at radius 2 is 1.47 bits per heavy atom. The Kier molecular flexibility index (Phi) is 17.8. The van der Waals surface area contributed by atoms with Crippen molar-refractivity contribution in [3.8, 4) is 11.5 Å². The number of aromatic hydroxyl groups is 1. The summed E-state index contributed by atoms with van der Waals surface area (Å²) in [5, 5.41) is 33.8. The monoisotopic (exact) mass is 768 g/mol. The van der Waals surface area contributed by atoms with Gasteiger partial charge in [0.1, 0.15) is 17.3 Å². The Balaban J connectivity index is 0.000000587. The summed E-state index contributed by atoms with van der Waals surface area (Å²) in [6.07, 6.45) is -2.54. The van der Waals surface area contributed by atoms with Gasteiger partial charge in [0.05, 0.1) is 0 Å². The van der Waals surface area contributed by atoms with E-state index in [9.17, 15) is 45.4 Å². The van der Waals surface area contributed by atoms with Gasteiger partial charge in [-0.05, 0) is 74.5 Å². The Bertz CT molecular complexity index is 1510. The molecule has 2 aliphatic rings. The van der Waals surface area contributed by atoms with Gasteiger partial charge in [0.2, 0.25) is 5.91 Å². The normalized spacial score (nSPS) is 14.3. The second-order valence-corrected chi connectivity index (χ2v) is 12.1. The number of carbonyl (C=O) groups excluding carboxylic acids is 2. The molecule has 0 aromatic heterocycles. The van der Waals surface area contributed by atoms with Crippen LogP contribution in [-0.2, 0) is 32.0 Å². The van der Waals surface area contributed by atoms with E-state index in [0.717, 1.165) is 36.9 Å². The molecule has 2 aromatic carbocycles. The molecule has 1 aliphatic carbocycles. The van der Waals surface area contributed by atoms with Crippen LogP contribution >= 0.6 is 0 Å². The van der Waals surface area contributed by atoms with E-state index in [1.807, 2.05) is 18.2 Å². The molecule has 12 nitrogen and oxygen atoms in total. The fourth-order valence-electron chi connectivity index (χ4n) is 5.42. The summed E-state index contributed by atoms with van der Waals surface area (Å²) in [6.45, 7) is 5.13. The standard InChI is InChI=1S/C30H41FN4O4.2C2HF3O2/c1-21-19-22(7-9-25(21)31)11-14-32-16-13-28(38)35(24-5-3-2-4-6-24)18-17-33-15-12-23-8-10-26(36)29-30(23)39-20-27(37)34-29;2*3-2(4,5)1(6)7/h7-10,19,24,32-33,36H,2-6,11-18,20H2,1H3,(H,34,37);2*(H,6,7). The molecule has 0 radical (unpaired) electrons. The maximum Gasteiger partial charge on any atom is 0.490 e. The highest BCUT2D eigenvalue weighted by molar-refractivity contribution is 5.97. The van der Waals surface area contributed by atoms with Crippen LogP contribution in [0.5, 0.6) is 11.5 Å². The molecular weight excluding hydrogens is 725 g/mol. The number of rotatable bonds is 13. The lowest BCUT2D eigenvalue weighted by Crippen LogP contribution is -2.45. The number of phenols is 1. The average molecular weight is 769 g/mol.